The molecule has 1 N–H and O–H groups in total. The molecule has 2 aromatic heterocycles. The van der Waals surface area contributed by atoms with Crippen LogP contribution in [0.2, 0.25) is 0 Å². The predicted molar refractivity (Wildman–Crippen MR) is 80.7 cm³/mol. The van der Waals surface area contributed by atoms with Crippen LogP contribution in [-0.2, 0) is 6.42 Å². The van der Waals surface area contributed by atoms with Crippen LogP contribution in [0.15, 0.2) is 35.0 Å². The van der Waals surface area contributed by atoms with Crippen molar-refractivity contribution < 1.29 is 8.81 Å². The lowest BCUT2D eigenvalue weighted by atomic mass is 10.1. The van der Waals surface area contributed by atoms with E-state index in [1.54, 1.807) is 6.07 Å². The number of fused-ring (bicyclic) bond motifs is 1. The van der Waals surface area contributed by atoms with E-state index in [1.165, 1.54) is 18.5 Å². The molecule has 0 saturated carbocycles. The fourth-order valence-corrected chi connectivity index (χ4v) is 2.46. The largest absolute Gasteiger partial charge is 0.454 e. The molecule has 0 unspecified atom stereocenters. The molecule has 0 radical (unpaired) electrons. The van der Waals surface area contributed by atoms with Gasteiger partial charge in [-0.1, -0.05) is 13.3 Å². The van der Waals surface area contributed by atoms with Crippen molar-refractivity contribution in [3.05, 3.63) is 42.0 Å². The van der Waals surface area contributed by atoms with Gasteiger partial charge in [-0.2, -0.15) is 0 Å². The summed E-state index contributed by atoms with van der Waals surface area (Å²) in [5.41, 5.74) is 2.42. The monoisotopic (exact) mass is 285 g/mol. The molecule has 0 aliphatic heterocycles. The van der Waals surface area contributed by atoms with Crippen LogP contribution in [0.3, 0.4) is 0 Å². The Morgan fingerprint density at radius 3 is 2.86 bits per heavy atom. The molecule has 3 aromatic rings. The van der Waals surface area contributed by atoms with Crippen molar-refractivity contribution in [2.45, 2.75) is 19.8 Å². The quantitative estimate of drug-likeness (QED) is 0.786. The average Bonchev–Trinajstić information content (AvgIpc) is 2.90. The van der Waals surface area contributed by atoms with Crippen molar-refractivity contribution >= 4 is 16.8 Å². The number of halogens is 1. The van der Waals surface area contributed by atoms with Gasteiger partial charge in [0.05, 0.1) is 0 Å². The van der Waals surface area contributed by atoms with Crippen LogP contribution < -0.4 is 5.32 Å². The highest BCUT2D eigenvalue weighted by Gasteiger charge is 2.15. The summed E-state index contributed by atoms with van der Waals surface area (Å²) in [7, 11) is 1.83. The summed E-state index contributed by atoms with van der Waals surface area (Å²) in [5, 5.41) is 3.81. The Labute approximate surface area is 122 Å². The number of hydrogen-bond donors (Lipinski definition) is 1. The Bertz CT molecular complexity index is 782. The van der Waals surface area contributed by atoms with Crippen LogP contribution in [0.1, 0.15) is 18.9 Å². The minimum Gasteiger partial charge on any atom is -0.454 e. The van der Waals surface area contributed by atoms with Gasteiger partial charge < -0.3 is 9.73 Å². The van der Waals surface area contributed by atoms with E-state index in [2.05, 4.69) is 22.2 Å². The van der Waals surface area contributed by atoms with Crippen LogP contribution in [0, 0.1) is 5.82 Å². The van der Waals surface area contributed by atoms with Gasteiger partial charge >= 0.3 is 0 Å². The maximum absolute atomic E-state index is 13.3. The second-order valence-corrected chi connectivity index (χ2v) is 4.84. The summed E-state index contributed by atoms with van der Waals surface area (Å²) in [5.74, 6) is 1.16. The summed E-state index contributed by atoms with van der Waals surface area (Å²) in [6.07, 6.45) is 3.33. The maximum atomic E-state index is 13.3. The van der Waals surface area contributed by atoms with Crippen LogP contribution in [0.5, 0.6) is 0 Å². The summed E-state index contributed by atoms with van der Waals surface area (Å²) < 4.78 is 19.1. The minimum absolute atomic E-state index is 0.276. The molecule has 0 amide bonds. The summed E-state index contributed by atoms with van der Waals surface area (Å²) in [6.45, 7) is 2.10. The Hall–Kier alpha value is -2.43. The van der Waals surface area contributed by atoms with Crippen molar-refractivity contribution in [2.24, 2.45) is 0 Å². The van der Waals surface area contributed by atoms with Gasteiger partial charge in [0, 0.05) is 18.0 Å². The van der Waals surface area contributed by atoms with Crippen LogP contribution >= 0.6 is 0 Å². The molecular weight excluding hydrogens is 269 g/mol. The van der Waals surface area contributed by atoms with E-state index in [0.29, 0.717) is 11.3 Å². The van der Waals surface area contributed by atoms with Gasteiger partial charge in [-0.05, 0) is 30.7 Å². The zero-order valence-corrected chi connectivity index (χ0v) is 12.0. The fourth-order valence-electron chi connectivity index (χ4n) is 2.46. The lowest BCUT2D eigenvalue weighted by Crippen LogP contribution is -2.02. The van der Waals surface area contributed by atoms with E-state index in [9.17, 15) is 4.39 Å². The Morgan fingerprint density at radius 1 is 1.24 bits per heavy atom. The second kappa shape index (κ2) is 5.52. The summed E-state index contributed by atoms with van der Waals surface area (Å²) in [6, 6.07) is 6.30. The SMILES string of the molecule is CCCc1c(NC)ncnc1-c1cc2cc(F)ccc2o1. The first kappa shape index (κ1) is 13.5. The molecule has 0 bridgehead atoms. The molecule has 3 rings (SSSR count). The van der Waals surface area contributed by atoms with Crippen LogP contribution in [0.4, 0.5) is 10.2 Å². The Kier molecular flexibility index (Phi) is 3.56. The standard InChI is InChI=1S/C16H16FN3O/c1-3-4-12-15(19-9-20-16(12)18-2)14-8-10-7-11(17)5-6-13(10)21-14/h5-9H,3-4H2,1-2H3,(H,18,19,20). The van der Waals surface area contributed by atoms with E-state index in [-0.39, 0.29) is 5.82 Å². The number of anilines is 1. The highest BCUT2D eigenvalue weighted by Crippen LogP contribution is 2.31. The van der Waals surface area contributed by atoms with Crippen molar-refractivity contribution in [3.63, 3.8) is 0 Å². The highest BCUT2D eigenvalue weighted by molar-refractivity contribution is 5.83. The van der Waals surface area contributed by atoms with E-state index >= 15 is 0 Å². The fraction of sp³-hybridized carbons (Fsp3) is 0.250. The number of nitrogens with one attached hydrogen (secondary N) is 1. The number of nitrogens with zero attached hydrogens (tertiary/aromatic N) is 2. The van der Waals surface area contributed by atoms with E-state index in [4.69, 9.17) is 4.42 Å². The predicted octanol–water partition coefficient (Wildman–Crippen LogP) is 4.02. The van der Waals surface area contributed by atoms with E-state index < -0.39 is 0 Å². The van der Waals surface area contributed by atoms with Crippen molar-refractivity contribution in [1.29, 1.82) is 0 Å². The number of aromatic nitrogens is 2. The molecular formula is C16H16FN3O. The summed E-state index contributed by atoms with van der Waals surface area (Å²) in [4.78, 5) is 8.60. The van der Waals surface area contributed by atoms with Gasteiger partial charge in [0.15, 0.2) is 5.76 Å². The maximum Gasteiger partial charge on any atom is 0.154 e. The van der Waals surface area contributed by atoms with E-state index in [0.717, 1.165) is 35.3 Å². The smallest absolute Gasteiger partial charge is 0.154 e. The molecule has 5 heteroatoms. The average molecular weight is 285 g/mol. The van der Waals surface area contributed by atoms with E-state index in [1.807, 2.05) is 13.1 Å². The molecule has 108 valence electrons. The molecule has 21 heavy (non-hydrogen) atoms. The lowest BCUT2D eigenvalue weighted by molar-refractivity contribution is 0.617. The first-order valence-corrected chi connectivity index (χ1v) is 6.94. The Morgan fingerprint density at radius 2 is 2.10 bits per heavy atom. The second-order valence-electron chi connectivity index (χ2n) is 4.84. The topological polar surface area (TPSA) is 51.0 Å². The molecule has 4 nitrogen and oxygen atoms in total. The number of rotatable bonds is 4. The summed E-state index contributed by atoms with van der Waals surface area (Å²) >= 11 is 0. The molecule has 0 saturated heterocycles. The molecule has 2 heterocycles. The van der Waals surface area contributed by atoms with Gasteiger partial charge in [-0.15, -0.1) is 0 Å². The zero-order valence-electron chi connectivity index (χ0n) is 12.0. The lowest BCUT2D eigenvalue weighted by Gasteiger charge is -2.10. The molecule has 0 aliphatic carbocycles. The van der Waals surface area contributed by atoms with Gasteiger partial charge in [0.2, 0.25) is 0 Å². The third kappa shape index (κ3) is 2.46. The third-order valence-corrected chi connectivity index (χ3v) is 3.39. The molecule has 0 spiro atoms. The molecule has 0 fully saturated rings. The zero-order chi connectivity index (χ0) is 14.8. The van der Waals surface area contributed by atoms with Gasteiger partial charge in [0.1, 0.15) is 29.2 Å². The van der Waals surface area contributed by atoms with Crippen LogP contribution in [0.25, 0.3) is 22.4 Å². The molecule has 0 aliphatic rings. The molecule has 1 aromatic carbocycles. The third-order valence-electron chi connectivity index (χ3n) is 3.39. The number of benzene rings is 1. The van der Waals surface area contributed by atoms with Gasteiger partial charge in [-0.25, -0.2) is 14.4 Å². The minimum atomic E-state index is -0.276. The van der Waals surface area contributed by atoms with Crippen molar-refractivity contribution in [3.8, 4) is 11.5 Å². The highest BCUT2D eigenvalue weighted by atomic mass is 19.1. The first-order chi connectivity index (χ1) is 10.2. The van der Waals surface area contributed by atoms with Crippen molar-refractivity contribution in [2.75, 3.05) is 12.4 Å². The van der Waals surface area contributed by atoms with Crippen LogP contribution in [-0.4, -0.2) is 17.0 Å². The van der Waals surface area contributed by atoms with Crippen molar-refractivity contribution in [1.82, 2.24) is 9.97 Å². The van der Waals surface area contributed by atoms with Gasteiger partial charge in [0.25, 0.3) is 0 Å². The first-order valence-electron chi connectivity index (χ1n) is 6.94. The Balaban J connectivity index is 2.17. The van der Waals surface area contributed by atoms with Gasteiger partial charge in [-0.3, -0.25) is 0 Å². The number of hydrogen-bond acceptors (Lipinski definition) is 4. The number of furan rings is 1. The molecule has 0 atom stereocenters. The normalized spacial score (nSPS) is 11.0.